The van der Waals surface area contributed by atoms with Crippen LogP contribution >= 0.6 is 0 Å². The Morgan fingerprint density at radius 2 is 0.919 bits per heavy atom. The zero-order valence-corrected chi connectivity index (χ0v) is 32.0. The summed E-state index contributed by atoms with van der Waals surface area (Å²) in [7, 11) is 0. The van der Waals surface area contributed by atoms with Gasteiger partial charge in [0.25, 0.3) is 0 Å². The minimum absolute atomic E-state index is 0.102. The smallest absolute Gasteiger partial charge is 0.167 e. The van der Waals surface area contributed by atoms with Crippen LogP contribution in [-0.2, 0) is 0 Å². The van der Waals surface area contributed by atoms with Gasteiger partial charge >= 0.3 is 0 Å². The third-order valence-electron chi connectivity index (χ3n) is 10.3. The van der Waals surface area contributed by atoms with Gasteiger partial charge in [-0.25, -0.2) is 15.0 Å². The molecule has 0 bridgehead atoms. The van der Waals surface area contributed by atoms with E-state index in [-0.39, 0.29) is 45.0 Å². The Labute approximate surface area is 382 Å². The molecule has 0 fully saturated rings. The number of benzene rings is 9. The van der Waals surface area contributed by atoms with Crippen molar-refractivity contribution in [2.24, 2.45) is 0 Å². The number of aromatic nitrogens is 3. The van der Waals surface area contributed by atoms with Crippen LogP contribution in [0.4, 0.5) is 0 Å². The molecule has 3 heterocycles. The van der Waals surface area contributed by atoms with Crippen LogP contribution in [0, 0.1) is 0 Å². The Hall–Kier alpha value is -8.41. The van der Waals surface area contributed by atoms with E-state index in [0.717, 1.165) is 28.0 Å². The number of nitrogens with zero attached hydrogens (tertiary/aromatic N) is 3. The predicted octanol–water partition coefficient (Wildman–Crippen LogP) is 15.3. The Kier molecular flexibility index (Phi) is 5.15. The van der Waals surface area contributed by atoms with Crippen LogP contribution in [0.15, 0.2) is 221 Å². The maximum atomic E-state index is 9.79. The molecule has 9 aromatic carbocycles. The molecule has 0 aliphatic carbocycles. The SMILES string of the molecule is [2H]c1c([2H])c([2H])c(-c2c([2H])c(-c3cc([2H])c4oc5c([2H])c(-c6nc(-c7ccc(-c8ccccc8)cc7)nc(-c7cccc8c7oc7ccccc78)n6)c([2H])c([2H])c5c4c3[2H])c([2H])c(-c3c([2H])c([2H])c([2H])c([2H])c3[2H])c2[2H])c([2H])c1[2H]. The fraction of sp³-hybridized carbons (Fsp3) is 0. The number of hydrogen-bond donors (Lipinski definition) is 0. The van der Waals surface area contributed by atoms with Gasteiger partial charge in [-0.1, -0.05) is 157 Å². The van der Waals surface area contributed by atoms with Crippen LogP contribution in [0.2, 0.25) is 0 Å². The fourth-order valence-electron chi connectivity index (χ4n) is 7.39. The van der Waals surface area contributed by atoms with Crippen molar-refractivity contribution in [1.29, 1.82) is 0 Å². The maximum absolute atomic E-state index is 9.79. The molecule has 290 valence electrons. The van der Waals surface area contributed by atoms with Crippen molar-refractivity contribution in [3.63, 3.8) is 0 Å². The van der Waals surface area contributed by atoms with Gasteiger partial charge in [0.1, 0.15) is 22.3 Å². The minimum Gasteiger partial charge on any atom is -0.456 e. The van der Waals surface area contributed by atoms with Crippen molar-refractivity contribution in [3.8, 4) is 78.7 Å². The molecular weight excluding hydrogens is 759 g/mol. The van der Waals surface area contributed by atoms with Gasteiger partial charge in [-0.05, 0) is 98.9 Å². The van der Waals surface area contributed by atoms with Gasteiger partial charge in [0.2, 0.25) is 0 Å². The van der Waals surface area contributed by atoms with Gasteiger partial charge in [0, 0.05) is 32.7 Å². The van der Waals surface area contributed by atoms with Gasteiger partial charge in [-0.2, -0.15) is 0 Å². The predicted molar refractivity (Wildman–Crippen MR) is 252 cm³/mol. The van der Waals surface area contributed by atoms with Crippen molar-refractivity contribution < 1.29 is 33.5 Å². The lowest BCUT2D eigenvalue weighted by atomic mass is 9.93. The topological polar surface area (TPSA) is 65.0 Å². The second kappa shape index (κ2) is 14.7. The number of rotatable bonds is 7. The molecule has 62 heavy (non-hydrogen) atoms. The maximum Gasteiger partial charge on any atom is 0.167 e. The molecule has 0 aliphatic rings. The first kappa shape index (κ1) is 21.7. The Bertz CT molecular complexity index is 4540. The number of furan rings is 2. The van der Waals surface area contributed by atoms with Crippen LogP contribution in [0.3, 0.4) is 0 Å². The highest BCUT2D eigenvalue weighted by Crippen LogP contribution is 2.39. The van der Waals surface area contributed by atoms with Gasteiger partial charge in [-0.15, -0.1) is 0 Å². The van der Waals surface area contributed by atoms with E-state index in [9.17, 15) is 11.0 Å². The zero-order valence-electron chi connectivity index (χ0n) is 50.0. The first-order valence-corrected chi connectivity index (χ1v) is 19.3. The molecule has 5 heteroatoms. The van der Waals surface area contributed by atoms with Crippen LogP contribution in [-0.4, -0.2) is 15.0 Å². The van der Waals surface area contributed by atoms with Crippen LogP contribution < -0.4 is 0 Å². The molecule has 0 spiro atoms. The summed E-state index contributed by atoms with van der Waals surface area (Å²) < 4.78 is 175. The highest BCUT2D eigenvalue weighted by molar-refractivity contribution is 6.09. The molecule has 0 N–H and O–H groups in total. The van der Waals surface area contributed by atoms with Crippen molar-refractivity contribution >= 4 is 43.9 Å². The average Bonchev–Trinajstić information content (AvgIpc) is 4.21. The van der Waals surface area contributed by atoms with E-state index in [1.807, 2.05) is 91.0 Å². The lowest BCUT2D eigenvalue weighted by Gasteiger charge is -2.11. The molecule has 12 aromatic rings. The lowest BCUT2D eigenvalue weighted by Crippen LogP contribution is -2.00. The van der Waals surface area contributed by atoms with Crippen molar-refractivity contribution in [2.45, 2.75) is 0 Å². The van der Waals surface area contributed by atoms with E-state index in [4.69, 9.17) is 37.5 Å². The number of para-hydroxylation sites is 2. The van der Waals surface area contributed by atoms with Crippen LogP contribution in [0.5, 0.6) is 0 Å². The normalized spacial score (nSPS) is 15.6. The second-order valence-corrected chi connectivity index (χ2v) is 14.1. The highest BCUT2D eigenvalue weighted by atomic mass is 16.3. The first-order valence-electron chi connectivity index (χ1n) is 28.3. The largest absolute Gasteiger partial charge is 0.456 e. The quantitative estimate of drug-likeness (QED) is 0.160. The molecule has 0 unspecified atom stereocenters. The second-order valence-electron chi connectivity index (χ2n) is 14.1. The Balaban J connectivity index is 1.12. The number of fused-ring (bicyclic) bond motifs is 6. The first-order chi connectivity index (χ1) is 38.2. The molecule has 0 radical (unpaired) electrons. The molecule has 3 aromatic heterocycles. The van der Waals surface area contributed by atoms with E-state index in [0.29, 0.717) is 22.3 Å². The number of hydrogen-bond acceptors (Lipinski definition) is 5. The summed E-state index contributed by atoms with van der Waals surface area (Å²) in [6.45, 7) is 0. The average molecular weight is 812 g/mol. The molecule has 0 amide bonds. The fourth-order valence-corrected chi connectivity index (χ4v) is 7.39. The lowest BCUT2D eigenvalue weighted by molar-refractivity contribution is 0.668. The van der Waals surface area contributed by atoms with Crippen molar-refractivity contribution in [1.82, 2.24) is 15.0 Å². The third kappa shape index (κ3) is 6.32. The molecule has 0 atom stereocenters. The Morgan fingerprint density at radius 3 is 1.66 bits per heavy atom. The molecule has 0 aliphatic heterocycles. The summed E-state index contributed by atoms with van der Waals surface area (Å²) in [6.07, 6.45) is 0. The third-order valence-corrected chi connectivity index (χ3v) is 10.3. The van der Waals surface area contributed by atoms with Gasteiger partial charge < -0.3 is 8.83 Å². The molecular formula is C57H35N3O2. The summed E-state index contributed by atoms with van der Waals surface area (Å²) in [6, 6.07) is 17.1. The van der Waals surface area contributed by atoms with Crippen molar-refractivity contribution in [3.05, 3.63) is 212 Å². The van der Waals surface area contributed by atoms with Crippen LogP contribution in [0.1, 0.15) is 24.7 Å². The van der Waals surface area contributed by atoms with Gasteiger partial charge in [0.05, 0.1) is 30.2 Å². The van der Waals surface area contributed by atoms with E-state index < -0.39 is 142 Å². The monoisotopic (exact) mass is 811 g/mol. The molecule has 0 saturated heterocycles. The summed E-state index contributed by atoms with van der Waals surface area (Å²) in [5.74, 6) is 0.0364. The molecule has 12 rings (SSSR count). The standard InChI is InChI=1S/C57H35N3O2/c1-4-13-36(14-5-1)39-23-25-40(26-24-39)55-58-56(60-57(59-55)49-21-12-20-48-46-19-10-11-22-51(46)62-54(48)49)42-27-29-47-50-34-41(28-30-52(50)61-53(47)35-42)45-32-43(37-15-6-2-7-16-37)31-44(33-45)38-17-8-3-9-18-38/h1-35H/i2D,3D,6D,7D,8D,9D,15D,16D,17D,18D,27D,29D,30D,31D,32D,33D,34D,35D. The molecule has 0 saturated carbocycles. The minimum atomic E-state index is -0.907. The zero-order chi connectivity index (χ0) is 56.7. The Morgan fingerprint density at radius 1 is 0.306 bits per heavy atom. The van der Waals surface area contributed by atoms with Crippen molar-refractivity contribution in [2.75, 3.05) is 0 Å². The summed E-state index contributed by atoms with van der Waals surface area (Å²) in [5.41, 5.74) is -0.980. The van der Waals surface area contributed by atoms with Gasteiger partial charge in [-0.3, -0.25) is 0 Å². The summed E-state index contributed by atoms with van der Waals surface area (Å²) in [5, 5.41) is 0.985. The van der Waals surface area contributed by atoms with E-state index in [1.165, 1.54) is 0 Å². The summed E-state index contributed by atoms with van der Waals surface area (Å²) in [4.78, 5) is 14.6. The van der Waals surface area contributed by atoms with E-state index >= 15 is 0 Å². The van der Waals surface area contributed by atoms with Gasteiger partial charge in [0.15, 0.2) is 17.5 Å². The summed E-state index contributed by atoms with van der Waals surface area (Å²) >= 11 is 0. The van der Waals surface area contributed by atoms with Crippen LogP contribution in [0.25, 0.3) is 123 Å². The highest BCUT2D eigenvalue weighted by Gasteiger charge is 2.19. The van der Waals surface area contributed by atoms with E-state index in [2.05, 4.69) is 0 Å². The van der Waals surface area contributed by atoms with E-state index in [1.54, 1.807) is 6.07 Å². The molecule has 5 nitrogen and oxygen atoms in total.